The third kappa shape index (κ3) is 2.68. The van der Waals surface area contributed by atoms with E-state index in [0.29, 0.717) is 10.9 Å². The first-order valence-electron chi connectivity index (χ1n) is 8.21. The molecule has 2 heterocycles. The van der Waals surface area contributed by atoms with Gasteiger partial charge in [0.05, 0.1) is 17.1 Å². The highest BCUT2D eigenvalue weighted by molar-refractivity contribution is 7.97. The van der Waals surface area contributed by atoms with Crippen LogP contribution in [0.25, 0.3) is 10.9 Å². The Hall–Kier alpha value is -1.67. The van der Waals surface area contributed by atoms with Crippen LogP contribution in [0.1, 0.15) is 18.4 Å². The average Bonchev–Trinajstić information content (AvgIpc) is 3.22. The average molecular weight is 308 g/mol. The fraction of sp³-hybridized carbons (Fsp3) is 0.300. The molecule has 1 aromatic heterocycles. The molecule has 0 radical (unpaired) electrons. The van der Waals surface area contributed by atoms with Gasteiger partial charge in [-0.15, -0.1) is 0 Å². The van der Waals surface area contributed by atoms with Crippen molar-refractivity contribution in [1.29, 1.82) is 0 Å². The van der Waals surface area contributed by atoms with Crippen LogP contribution >= 0.6 is 0 Å². The second kappa shape index (κ2) is 6.21. The van der Waals surface area contributed by atoms with E-state index in [-0.39, 0.29) is 0 Å². The monoisotopic (exact) mass is 308 g/mol. The van der Waals surface area contributed by atoms with E-state index in [1.807, 2.05) is 0 Å². The molecule has 2 aromatic carbocycles. The standard InChI is InChI=1S/C20H22NS/c1-2-8-17(9-3-1)12-13-21-16-20(22-14-6-7-15-22)18-10-4-5-11-19(18)21/h1-5,8-11,16H,6-7,12-15H2/q+1. The highest BCUT2D eigenvalue weighted by Gasteiger charge is 2.30. The summed E-state index contributed by atoms with van der Waals surface area (Å²) >= 11 is 0. The Morgan fingerprint density at radius 3 is 2.41 bits per heavy atom. The van der Waals surface area contributed by atoms with E-state index in [4.69, 9.17) is 0 Å². The lowest BCUT2D eigenvalue weighted by molar-refractivity contribution is 0.719. The molecule has 0 saturated carbocycles. The van der Waals surface area contributed by atoms with Gasteiger partial charge in [0.25, 0.3) is 0 Å². The molecule has 22 heavy (non-hydrogen) atoms. The van der Waals surface area contributed by atoms with Crippen LogP contribution < -0.4 is 0 Å². The predicted molar refractivity (Wildman–Crippen MR) is 96.7 cm³/mol. The number of rotatable bonds is 4. The fourth-order valence-corrected chi connectivity index (χ4v) is 5.91. The van der Waals surface area contributed by atoms with Gasteiger partial charge in [-0.05, 0) is 37.0 Å². The van der Waals surface area contributed by atoms with Crippen LogP contribution in [-0.4, -0.2) is 16.1 Å². The maximum absolute atomic E-state index is 2.48. The number of fused-ring (bicyclic) bond motifs is 1. The van der Waals surface area contributed by atoms with Gasteiger partial charge in [-0.2, -0.15) is 0 Å². The SMILES string of the molecule is c1ccc(CCn2cc([S+]3CCCC3)c3ccccc32)cc1. The molecule has 0 bridgehead atoms. The van der Waals surface area contributed by atoms with Gasteiger partial charge in [-0.25, -0.2) is 0 Å². The maximum atomic E-state index is 2.48. The van der Waals surface area contributed by atoms with Crippen molar-refractivity contribution in [2.24, 2.45) is 0 Å². The van der Waals surface area contributed by atoms with E-state index in [0.717, 1.165) is 13.0 Å². The van der Waals surface area contributed by atoms with Gasteiger partial charge >= 0.3 is 0 Å². The number of hydrogen-bond acceptors (Lipinski definition) is 0. The Morgan fingerprint density at radius 2 is 1.59 bits per heavy atom. The number of para-hydroxylation sites is 1. The number of aromatic nitrogens is 1. The molecule has 1 aliphatic heterocycles. The number of nitrogens with zero attached hydrogens (tertiary/aromatic N) is 1. The van der Waals surface area contributed by atoms with Crippen molar-refractivity contribution in [3.05, 3.63) is 66.4 Å². The molecule has 0 spiro atoms. The molecule has 3 aromatic rings. The smallest absolute Gasteiger partial charge is 0.180 e. The van der Waals surface area contributed by atoms with Gasteiger partial charge < -0.3 is 4.57 Å². The largest absolute Gasteiger partial charge is 0.342 e. The first-order chi connectivity index (χ1) is 10.9. The Bertz CT molecular complexity index is 754. The second-order valence-corrected chi connectivity index (χ2v) is 8.29. The summed E-state index contributed by atoms with van der Waals surface area (Å²) in [5, 5.41) is 1.49. The molecule has 0 aliphatic carbocycles. The number of aryl methyl sites for hydroxylation is 2. The zero-order valence-electron chi connectivity index (χ0n) is 12.9. The van der Waals surface area contributed by atoms with Crippen molar-refractivity contribution in [2.45, 2.75) is 30.7 Å². The van der Waals surface area contributed by atoms with Crippen molar-refractivity contribution >= 4 is 21.8 Å². The lowest BCUT2D eigenvalue weighted by Crippen LogP contribution is -2.03. The van der Waals surface area contributed by atoms with Crippen LogP contribution in [-0.2, 0) is 23.9 Å². The first kappa shape index (κ1) is 14.0. The van der Waals surface area contributed by atoms with E-state index in [1.165, 1.54) is 40.8 Å². The summed E-state index contributed by atoms with van der Waals surface area (Å²) in [5.41, 5.74) is 2.83. The summed E-state index contributed by atoms with van der Waals surface area (Å²) in [5.74, 6) is 2.79. The zero-order chi connectivity index (χ0) is 14.8. The molecular formula is C20H22NS+. The predicted octanol–water partition coefficient (Wildman–Crippen LogP) is 4.66. The minimum Gasteiger partial charge on any atom is -0.342 e. The Kier molecular flexibility index (Phi) is 3.94. The fourth-order valence-electron chi connectivity index (χ4n) is 3.40. The molecule has 2 heteroatoms. The third-order valence-corrected chi connectivity index (χ3v) is 7.09. The van der Waals surface area contributed by atoms with E-state index in [1.54, 1.807) is 4.90 Å². The second-order valence-electron chi connectivity index (χ2n) is 6.05. The summed E-state index contributed by atoms with van der Waals surface area (Å²) in [6, 6.07) is 19.8. The van der Waals surface area contributed by atoms with Crippen LogP contribution in [0, 0.1) is 0 Å². The molecule has 1 fully saturated rings. The zero-order valence-corrected chi connectivity index (χ0v) is 13.7. The lowest BCUT2D eigenvalue weighted by Gasteiger charge is -2.04. The molecule has 0 amide bonds. The van der Waals surface area contributed by atoms with Crippen molar-refractivity contribution < 1.29 is 0 Å². The van der Waals surface area contributed by atoms with Crippen molar-refractivity contribution in [1.82, 2.24) is 4.57 Å². The van der Waals surface area contributed by atoms with Gasteiger partial charge in [0.15, 0.2) is 4.90 Å². The maximum Gasteiger partial charge on any atom is 0.180 e. The topological polar surface area (TPSA) is 4.93 Å². The number of benzene rings is 2. The minimum absolute atomic E-state index is 0.487. The van der Waals surface area contributed by atoms with E-state index in [2.05, 4.69) is 65.4 Å². The summed E-state index contributed by atoms with van der Waals surface area (Å²) < 4.78 is 2.48. The van der Waals surface area contributed by atoms with E-state index < -0.39 is 0 Å². The molecule has 1 nitrogen and oxygen atoms in total. The first-order valence-corrected chi connectivity index (χ1v) is 9.77. The molecule has 1 aliphatic rings. The number of hydrogen-bond donors (Lipinski definition) is 0. The molecule has 0 N–H and O–H groups in total. The van der Waals surface area contributed by atoms with Crippen molar-refractivity contribution in [3.63, 3.8) is 0 Å². The van der Waals surface area contributed by atoms with Crippen LogP contribution in [0.4, 0.5) is 0 Å². The third-order valence-electron chi connectivity index (χ3n) is 4.58. The van der Waals surface area contributed by atoms with Crippen LogP contribution in [0.2, 0.25) is 0 Å². The van der Waals surface area contributed by atoms with E-state index in [9.17, 15) is 0 Å². The molecule has 0 atom stereocenters. The molecule has 1 saturated heterocycles. The molecule has 4 rings (SSSR count). The minimum atomic E-state index is 0.487. The Labute approximate surface area is 135 Å². The molecule has 0 unspecified atom stereocenters. The molecular weight excluding hydrogens is 286 g/mol. The summed E-state index contributed by atoms with van der Waals surface area (Å²) in [4.78, 5) is 1.61. The van der Waals surface area contributed by atoms with Crippen molar-refractivity contribution in [3.8, 4) is 0 Å². The highest BCUT2D eigenvalue weighted by Crippen LogP contribution is 2.31. The van der Waals surface area contributed by atoms with Crippen LogP contribution in [0.5, 0.6) is 0 Å². The summed E-state index contributed by atoms with van der Waals surface area (Å²) in [6.07, 6.45) is 6.37. The van der Waals surface area contributed by atoms with Gasteiger partial charge in [-0.3, -0.25) is 0 Å². The highest BCUT2D eigenvalue weighted by atomic mass is 32.2. The van der Waals surface area contributed by atoms with Gasteiger partial charge in [0, 0.05) is 17.4 Å². The van der Waals surface area contributed by atoms with Crippen LogP contribution in [0.15, 0.2) is 65.7 Å². The van der Waals surface area contributed by atoms with Crippen molar-refractivity contribution in [2.75, 3.05) is 11.5 Å². The normalized spacial score (nSPS) is 15.6. The molecule has 112 valence electrons. The van der Waals surface area contributed by atoms with Gasteiger partial charge in [0.2, 0.25) is 0 Å². The summed E-state index contributed by atoms with van der Waals surface area (Å²) in [6.45, 7) is 1.07. The lowest BCUT2D eigenvalue weighted by atomic mass is 10.1. The Morgan fingerprint density at radius 1 is 0.864 bits per heavy atom. The van der Waals surface area contributed by atoms with Gasteiger partial charge in [-0.1, -0.05) is 42.5 Å². The quantitative estimate of drug-likeness (QED) is 0.618. The van der Waals surface area contributed by atoms with Gasteiger partial charge in [0.1, 0.15) is 11.5 Å². The van der Waals surface area contributed by atoms with Crippen LogP contribution in [0.3, 0.4) is 0 Å². The van der Waals surface area contributed by atoms with E-state index >= 15 is 0 Å². The Balaban J connectivity index is 1.65. The summed E-state index contributed by atoms with van der Waals surface area (Å²) in [7, 11) is 0.487.